The predicted octanol–water partition coefficient (Wildman–Crippen LogP) is -8.21. The van der Waals surface area contributed by atoms with Crippen LogP contribution in [0.3, 0.4) is 0 Å². The van der Waals surface area contributed by atoms with Gasteiger partial charge in [-0.15, -0.1) is 0 Å². The molecule has 0 amide bonds. The van der Waals surface area contributed by atoms with Crippen LogP contribution in [0, 0.1) is 0 Å². The van der Waals surface area contributed by atoms with E-state index in [1.165, 1.54) is 62.8 Å². The largest absolute Gasteiger partial charge is 0.493 e. The van der Waals surface area contributed by atoms with Crippen LogP contribution in [0.25, 0.3) is 12.2 Å². The van der Waals surface area contributed by atoms with E-state index in [4.69, 9.17) is 56.8 Å². The Kier molecular flexibility index (Phi) is 23.0. The summed E-state index contributed by atoms with van der Waals surface area (Å²) in [6.07, 6.45) is -39.5. The molecule has 2 aromatic rings. The van der Waals surface area contributed by atoms with E-state index < -0.39 is 205 Å². The Hall–Kier alpha value is -4.54. The van der Waals surface area contributed by atoms with E-state index in [2.05, 4.69) is 0 Å². The van der Waals surface area contributed by atoms with Crippen molar-refractivity contribution in [2.24, 2.45) is 0 Å². The summed E-state index contributed by atoms with van der Waals surface area (Å²) < 4.78 is 67.1. The van der Waals surface area contributed by atoms with Crippen LogP contribution in [0.2, 0.25) is 0 Å². The molecule has 7 rings (SSSR count). The fourth-order valence-corrected chi connectivity index (χ4v) is 9.46. The second kappa shape index (κ2) is 29.0. The number of aliphatic hydroxyl groups is 17. The van der Waals surface area contributed by atoms with Gasteiger partial charge in [-0.25, -0.2) is 0 Å². The Bertz CT molecular complexity index is 2440. The minimum atomic E-state index is -2.06. The lowest BCUT2D eigenvalue weighted by molar-refractivity contribution is -0.378. The number of ether oxygens (including phenoxy) is 12. The Labute approximate surface area is 466 Å². The molecule has 0 saturated carbocycles. The lowest BCUT2D eigenvalue weighted by Crippen LogP contribution is -2.67. The predicted molar refractivity (Wildman–Crippen MR) is 265 cm³/mol. The zero-order valence-electron chi connectivity index (χ0n) is 43.8. The monoisotopic (exact) mass is 1180 g/mol. The first-order valence-corrected chi connectivity index (χ1v) is 25.7. The van der Waals surface area contributed by atoms with E-state index in [0.29, 0.717) is 11.1 Å². The summed E-state index contributed by atoms with van der Waals surface area (Å²) in [5.74, 6) is -1.26. The van der Waals surface area contributed by atoms with Gasteiger partial charge in [0, 0.05) is 0 Å². The maximum Gasteiger partial charge on any atom is 0.229 e. The van der Waals surface area contributed by atoms with Crippen molar-refractivity contribution in [2.75, 3.05) is 47.3 Å². The van der Waals surface area contributed by atoms with E-state index in [1.807, 2.05) is 0 Å². The summed E-state index contributed by atoms with van der Waals surface area (Å²) in [4.78, 5) is 25.9. The molecule has 31 heteroatoms. The van der Waals surface area contributed by atoms with Crippen molar-refractivity contribution in [3.8, 4) is 23.0 Å². The molecule has 25 atom stereocenters. The fraction of sp³-hybridized carbons (Fsp3) is 0.647. The first kappa shape index (κ1) is 65.0. The average Bonchev–Trinajstić information content (AvgIpc) is 3.63. The Morgan fingerprint density at radius 2 is 0.683 bits per heavy atom. The second-order valence-corrected chi connectivity index (χ2v) is 19.6. The third kappa shape index (κ3) is 14.6. The first-order chi connectivity index (χ1) is 39.1. The summed E-state index contributed by atoms with van der Waals surface area (Å²) in [7, 11) is 2.55. The lowest BCUT2D eigenvalue weighted by atomic mass is 9.96. The van der Waals surface area contributed by atoms with Gasteiger partial charge in [0.25, 0.3) is 0 Å². The molecule has 82 heavy (non-hydrogen) atoms. The molecule has 2 aromatic carbocycles. The highest BCUT2D eigenvalue weighted by molar-refractivity contribution is 6.10. The molecular weight excluding hydrogens is 1110 g/mol. The first-order valence-electron chi connectivity index (χ1n) is 25.7. The van der Waals surface area contributed by atoms with Gasteiger partial charge in [-0.2, -0.15) is 0 Å². The Morgan fingerprint density at radius 3 is 1.00 bits per heavy atom. The SMILES string of the molecule is COc1cc(/C=C/C(=O)CC(=O)/C=C/c2ccc(O[C@@H]3O[C@H](CO)[C@@H](O)[C@H](O[C@@H]4O[C@H](CO)[C@@H](O)[C@H](O[C@@H]5O[C@H](CO)[C@@H](O)[C@H](O)[C@H]5O)[C@H]4O)[C@H]3O)c(OC)c2)ccc1O[C@@H]1O[C@H](CO)[C@@H](O)[C@H](O[C@@H]2O[C@H](CO)[C@@H](O)[C@H](O)[C@H]2O)[C@H]1O. The van der Waals surface area contributed by atoms with E-state index >= 15 is 0 Å². The zero-order valence-corrected chi connectivity index (χ0v) is 43.8. The van der Waals surface area contributed by atoms with E-state index in [1.54, 1.807) is 0 Å². The molecule has 0 unspecified atom stereocenters. The van der Waals surface area contributed by atoms with Crippen molar-refractivity contribution >= 4 is 23.7 Å². The van der Waals surface area contributed by atoms with Crippen LogP contribution in [0.1, 0.15) is 17.5 Å². The number of ketones is 2. The van der Waals surface area contributed by atoms with Gasteiger partial charge in [0.05, 0.1) is 53.7 Å². The maximum absolute atomic E-state index is 12.9. The van der Waals surface area contributed by atoms with Gasteiger partial charge >= 0.3 is 0 Å². The van der Waals surface area contributed by atoms with Crippen molar-refractivity contribution in [1.82, 2.24) is 0 Å². The van der Waals surface area contributed by atoms with Crippen molar-refractivity contribution in [2.45, 2.75) is 160 Å². The van der Waals surface area contributed by atoms with Crippen molar-refractivity contribution in [3.05, 3.63) is 59.7 Å². The van der Waals surface area contributed by atoms with Crippen molar-refractivity contribution in [1.29, 1.82) is 0 Å². The number of carbonyl (C=O) groups is 2. The third-order valence-corrected chi connectivity index (χ3v) is 14.2. The molecule has 460 valence electrons. The average molecular weight is 1180 g/mol. The number of hydrogen-bond acceptors (Lipinski definition) is 31. The molecule has 0 aromatic heterocycles. The topological polar surface area (TPSA) is 489 Å². The van der Waals surface area contributed by atoms with Crippen LogP contribution < -0.4 is 18.9 Å². The minimum Gasteiger partial charge on any atom is -0.493 e. The van der Waals surface area contributed by atoms with Crippen LogP contribution in [-0.2, 0) is 47.5 Å². The quantitative estimate of drug-likeness (QED) is 0.0363. The normalized spacial score (nSPS) is 40.0. The summed E-state index contributed by atoms with van der Waals surface area (Å²) >= 11 is 0. The molecule has 0 bridgehead atoms. The Morgan fingerprint density at radius 1 is 0.390 bits per heavy atom. The number of hydrogen-bond donors (Lipinski definition) is 17. The molecule has 0 aliphatic carbocycles. The molecule has 5 aliphatic heterocycles. The van der Waals surface area contributed by atoms with Crippen molar-refractivity contribution < 1.29 is 153 Å². The van der Waals surface area contributed by atoms with Gasteiger partial charge in [0.2, 0.25) is 12.6 Å². The van der Waals surface area contributed by atoms with Gasteiger partial charge in [-0.1, -0.05) is 24.3 Å². The van der Waals surface area contributed by atoms with Crippen LogP contribution in [0.5, 0.6) is 23.0 Å². The zero-order chi connectivity index (χ0) is 59.9. The smallest absolute Gasteiger partial charge is 0.229 e. The molecule has 5 fully saturated rings. The van der Waals surface area contributed by atoms with Gasteiger partial charge in [-0.3, -0.25) is 9.59 Å². The molecule has 31 nitrogen and oxygen atoms in total. The molecular formula is C51H70O31. The third-order valence-electron chi connectivity index (χ3n) is 14.2. The molecule has 0 spiro atoms. The molecule has 5 aliphatic rings. The van der Waals surface area contributed by atoms with Crippen LogP contribution in [0.4, 0.5) is 0 Å². The molecule has 17 N–H and O–H groups in total. The summed E-state index contributed by atoms with van der Waals surface area (Å²) in [5, 5.41) is 178. The number of carbonyl (C=O) groups excluding carboxylic acids is 2. The number of benzene rings is 2. The van der Waals surface area contributed by atoms with E-state index in [-0.39, 0.29) is 23.0 Å². The highest BCUT2D eigenvalue weighted by atomic mass is 16.8. The highest BCUT2D eigenvalue weighted by Gasteiger charge is 2.55. The second-order valence-electron chi connectivity index (χ2n) is 19.6. The lowest BCUT2D eigenvalue weighted by Gasteiger charge is -2.48. The van der Waals surface area contributed by atoms with Gasteiger partial charge < -0.3 is 144 Å². The van der Waals surface area contributed by atoms with Crippen LogP contribution in [0.15, 0.2) is 48.6 Å². The number of rotatable bonds is 23. The molecule has 5 heterocycles. The van der Waals surface area contributed by atoms with E-state index in [9.17, 15) is 96.4 Å². The maximum atomic E-state index is 12.9. The van der Waals surface area contributed by atoms with Gasteiger partial charge in [0.15, 0.2) is 53.4 Å². The number of methoxy groups -OCH3 is 2. The summed E-state index contributed by atoms with van der Waals surface area (Å²) in [6, 6.07) is 8.52. The summed E-state index contributed by atoms with van der Waals surface area (Å²) in [5.41, 5.74) is 0.746. The molecule has 5 saturated heterocycles. The van der Waals surface area contributed by atoms with Gasteiger partial charge in [0.1, 0.15) is 122 Å². The number of allylic oxidation sites excluding steroid dienone is 2. The number of aliphatic hydroxyl groups excluding tert-OH is 17. The van der Waals surface area contributed by atoms with Gasteiger partial charge in [-0.05, 0) is 47.5 Å². The van der Waals surface area contributed by atoms with Crippen LogP contribution in [-0.4, -0.2) is 299 Å². The van der Waals surface area contributed by atoms with Crippen LogP contribution >= 0.6 is 0 Å². The van der Waals surface area contributed by atoms with E-state index in [0.717, 1.165) is 12.2 Å². The molecule has 0 radical (unpaired) electrons. The Balaban J connectivity index is 0.947. The standard InChI is InChI=1S/C51H70O31/c1-71-25-11-19(5-9-23(25)73-49-41(68)44(34(61)29(16-54)77-49)80-47-39(66)37(64)32(59)27(14-52)75-47)3-7-21(57)13-22(58)8-4-20-6-10-24(26(12-20)72-2)74-50-42(69)45(35(62)30(17-55)78-50)82-51-43(70)46(36(63)31(18-56)79-51)81-48-40(67)38(65)33(60)28(15-53)76-48/h3-12,27-56,59-70H,13-18H2,1-2H3/b7-3+,8-4+/t27-,28-,29-,30-,31-,32-,33-,34-,35-,36-,37+,38+,39-,40-,41-,42-,43-,44+,45+,46+,47+,48+,49-,50-,51+/m1/s1. The van der Waals surface area contributed by atoms with Crippen molar-refractivity contribution in [3.63, 3.8) is 0 Å². The fourth-order valence-electron chi connectivity index (χ4n) is 9.46. The highest BCUT2D eigenvalue weighted by Crippen LogP contribution is 2.38. The summed E-state index contributed by atoms with van der Waals surface area (Å²) in [6.45, 7) is -4.17. The minimum absolute atomic E-state index is 0.0139.